The number of nitriles is 2. The molecule has 0 N–H and O–H groups in total. The van der Waals surface area contributed by atoms with Crippen molar-refractivity contribution in [3.05, 3.63) is 119 Å². The van der Waals surface area contributed by atoms with E-state index in [0.29, 0.717) is 39.1 Å². The first-order chi connectivity index (χ1) is 21.0. The van der Waals surface area contributed by atoms with E-state index in [1.54, 1.807) is 48.5 Å². The van der Waals surface area contributed by atoms with Gasteiger partial charge in [-0.3, -0.25) is 0 Å². The molecule has 4 nitrogen and oxygen atoms in total. The number of benzene rings is 5. The lowest BCUT2D eigenvalue weighted by atomic mass is 10.1. The van der Waals surface area contributed by atoms with E-state index >= 15 is 0 Å². The lowest BCUT2D eigenvalue weighted by Crippen LogP contribution is -2.14. The summed E-state index contributed by atoms with van der Waals surface area (Å²) in [6.07, 6.45) is -10.1. The normalized spacial score (nSPS) is 12.3. The molecule has 0 spiro atoms. The molecule has 214 valence electrons. The Morgan fingerprint density at radius 3 is 1.86 bits per heavy atom. The van der Waals surface area contributed by atoms with Crippen molar-refractivity contribution in [2.45, 2.75) is 12.4 Å². The van der Waals surface area contributed by atoms with E-state index in [1.165, 1.54) is 10.6 Å². The van der Waals surface area contributed by atoms with Gasteiger partial charge < -0.3 is 9.13 Å². The van der Waals surface area contributed by atoms with E-state index in [4.69, 9.17) is 0 Å². The predicted octanol–water partition coefficient (Wildman–Crippen LogP) is 9.66. The third-order valence-corrected chi connectivity index (χ3v) is 7.83. The molecule has 2 heterocycles. The molecular formula is C34H16F6N4. The fourth-order valence-corrected chi connectivity index (χ4v) is 6.04. The number of fused-ring (bicyclic) bond motifs is 7. The smallest absolute Gasteiger partial charge is 0.309 e. The second-order valence-corrected chi connectivity index (χ2v) is 10.2. The van der Waals surface area contributed by atoms with Crippen LogP contribution < -0.4 is 0 Å². The summed E-state index contributed by atoms with van der Waals surface area (Å²) in [5.41, 5.74) is -0.292. The number of alkyl halides is 6. The molecule has 0 saturated carbocycles. The highest BCUT2D eigenvalue weighted by atomic mass is 19.4. The minimum atomic E-state index is -5.09. The third-order valence-electron chi connectivity index (χ3n) is 7.83. The Balaban J connectivity index is 1.69. The van der Waals surface area contributed by atoms with Gasteiger partial charge >= 0.3 is 12.4 Å². The van der Waals surface area contributed by atoms with Crippen molar-refractivity contribution in [3.63, 3.8) is 0 Å². The lowest BCUT2D eigenvalue weighted by molar-refractivity contribution is -0.142. The Labute approximate surface area is 244 Å². The predicted molar refractivity (Wildman–Crippen MR) is 155 cm³/mol. The first kappa shape index (κ1) is 27.1. The second kappa shape index (κ2) is 9.38. The molecule has 0 radical (unpaired) electrons. The molecule has 0 amide bonds. The molecule has 0 aliphatic carbocycles. The van der Waals surface area contributed by atoms with E-state index in [9.17, 15) is 36.9 Å². The summed E-state index contributed by atoms with van der Waals surface area (Å²) in [7, 11) is 0. The van der Waals surface area contributed by atoms with E-state index in [2.05, 4.69) is 6.07 Å². The van der Waals surface area contributed by atoms with Crippen LogP contribution in [-0.2, 0) is 12.4 Å². The summed E-state index contributed by atoms with van der Waals surface area (Å²) in [5.74, 6) is 0. The van der Waals surface area contributed by atoms with Crippen LogP contribution in [0.5, 0.6) is 0 Å². The molecule has 10 heteroatoms. The first-order valence-electron chi connectivity index (χ1n) is 13.2. The van der Waals surface area contributed by atoms with Crippen LogP contribution in [0.15, 0.2) is 97.1 Å². The average Bonchev–Trinajstić information content (AvgIpc) is 3.52. The Morgan fingerprint density at radius 2 is 1.20 bits per heavy atom. The summed E-state index contributed by atoms with van der Waals surface area (Å²) < 4.78 is 86.9. The van der Waals surface area contributed by atoms with Crippen molar-refractivity contribution >= 4 is 43.6 Å². The molecule has 0 unspecified atom stereocenters. The molecule has 0 aliphatic rings. The first-order valence-corrected chi connectivity index (χ1v) is 13.2. The van der Waals surface area contributed by atoms with Gasteiger partial charge in [0.1, 0.15) is 6.07 Å². The number of aromatic nitrogens is 2. The monoisotopic (exact) mass is 594 g/mol. The van der Waals surface area contributed by atoms with Gasteiger partial charge in [-0.1, -0.05) is 42.5 Å². The van der Waals surface area contributed by atoms with E-state index in [0.717, 1.165) is 22.4 Å². The highest BCUT2D eigenvalue weighted by Crippen LogP contribution is 2.45. The summed E-state index contributed by atoms with van der Waals surface area (Å²) in [6, 6.07) is 28.1. The van der Waals surface area contributed by atoms with Crippen LogP contribution in [0.1, 0.15) is 22.3 Å². The zero-order chi connectivity index (χ0) is 31.0. The maximum absolute atomic E-state index is 14.4. The van der Waals surface area contributed by atoms with Crippen molar-refractivity contribution in [1.29, 1.82) is 10.5 Å². The minimum Gasteiger partial charge on any atom is -0.309 e. The van der Waals surface area contributed by atoms with Gasteiger partial charge in [-0.25, -0.2) is 0 Å². The summed E-state index contributed by atoms with van der Waals surface area (Å²) in [6.45, 7) is 0. The van der Waals surface area contributed by atoms with Gasteiger partial charge in [-0.2, -0.15) is 36.9 Å². The maximum Gasteiger partial charge on any atom is 0.418 e. The van der Waals surface area contributed by atoms with Crippen molar-refractivity contribution in [2.75, 3.05) is 0 Å². The molecule has 0 saturated heterocycles. The minimum absolute atomic E-state index is 0.140. The molecule has 0 bridgehead atoms. The zero-order valence-corrected chi connectivity index (χ0v) is 22.3. The molecule has 7 aromatic rings. The fourth-order valence-electron chi connectivity index (χ4n) is 6.04. The van der Waals surface area contributed by atoms with Gasteiger partial charge in [-0.05, 0) is 54.6 Å². The fraction of sp³-hybridized carbons (Fsp3) is 0.0588. The van der Waals surface area contributed by atoms with Crippen LogP contribution in [0.2, 0.25) is 0 Å². The molecule has 7 rings (SSSR count). The van der Waals surface area contributed by atoms with E-state index < -0.39 is 29.2 Å². The maximum atomic E-state index is 14.4. The molecule has 0 aliphatic heterocycles. The van der Waals surface area contributed by atoms with Crippen LogP contribution in [0.3, 0.4) is 0 Å². The number of hydrogen-bond donors (Lipinski definition) is 0. The molecule has 5 aromatic carbocycles. The molecule has 2 aromatic heterocycles. The molecule has 0 atom stereocenters. The van der Waals surface area contributed by atoms with Crippen LogP contribution in [0.25, 0.3) is 55.0 Å². The number of halogens is 6. The summed E-state index contributed by atoms with van der Waals surface area (Å²) >= 11 is 0. The van der Waals surface area contributed by atoms with Crippen LogP contribution in [-0.4, -0.2) is 9.13 Å². The summed E-state index contributed by atoms with van der Waals surface area (Å²) in [5, 5.41) is 22.2. The van der Waals surface area contributed by atoms with Gasteiger partial charge in [-0.15, -0.1) is 0 Å². The largest absolute Gasteiger partial charge is 0.418 e. The molecular weight excluding hydrogens is 578 g/mol. The van der Waals surface area contributed by atoms with Crippen LogP contribution in [0, 0.1) is 22.7 Å². The van der Waals surface area contributed by atoms with Gasteiger partial charge in [0.15, 0.2) is 0 Å². The Morgan fingerprint density at radius 1 is 0.545 bits per heavy atom. The Bertz CT molecular complexity index is 2390. The lowest BCUT2D eigenvalue weighted by Gasteiger charge is -2.18. The van der Waals surface area contributed by atoms with E-state index in [-0.39, 0.29) is 17.2 Å². The van der Waals surface area contributed by atoms with Crippen molar-refractivity contribution in [1.82, 2.24) is 9.13 Å². The Kier molecular flexibility index (Phi) is 5.78. The van der Waals surface area contributed by atoms with Crippen molar-refractivity contribution < 1.29 is 26.3 Å². The molecule has 44 heavy (non-hydrogen) atoms. The highest BCUT2D eigenvalue weighted by molar-refractivity contribution is 6.26. The number of para-hydroxylation sites is 2. The standard InChI is InChI=1S/C34H16F6N4/c35-33(36,37)21-10-13-29(25(16-21)34(38,39)40)43-28-8-4-2-6-24(28)31-30(43)14-11-23-22-5-1-3-7-27(22)44(32(23)31)26-12-9-19(17-41)15-20(26)18-42/h1-16H. The van der Waals surface area contributed by atoms with Crippen LogP contribution in [0.4, 0.5) is 26.3 Å². The number of nitrogens with zero attached hydrogens (tertiary/aromatic N) is 4. The van der Waals surface area contributed by atoms with Gasteiger partial charge in [0, 0.05) is 21.5 Å². The van der Waals surface area contributed by atoms with Gasteiger partial charge in [0.2, 0.25) is 0 Å². The van der Waals surface area contributed by atoms with Crippen molar-refractivity contribution in [2.24, 2.45) is 0 Å². The topological polar surface area (TPSA) is 57.4 Å². The summed E-state index contributed by atoms with van der Waals surface area (Å²) in [4.78, 5) is 0. The quantitative estimate of drug-likeness (QED) is 0.187. The van der Waals surface area contributed by atoms with E-state index in [1.807, 2.05) is 34.9 Å². The molecule has 0 fully saturated rings. The zero-order valence-electron chi connectivity index (χ0n) is 22.3. The van der Waals surface area contributed by atoms with Gasteiger partial charge in [0.05, 0.1) is 61.8 Å². The highest BCUT2D eigenvalue weighted by Gasteiger charge is 2.39. The van der Waals surface area contributed by atoms with Crippen LogP contribution >= 0.6 is 0 Å². The van der Waals surface area contributed by atoms with Crippen molar-refractivity contribution in [3.8, 4) is 23.5 Å². The number of rotatable bonds is 2. The van der Waals surface area contributed by atoms with Gasteiger partial charge in [0.25, 0.3) is 0 Å². The number of hydrogen-bond acceptors (Lipinski definition) is 2. The average molecular weight is 595 g/mol. The second-order valence-electron chi connectivity index (χ2n) is 10.2. The third kappa shape index (κ3) is 3.92. The SMILES string of the molecule is N#Cc1ccc(-n2c3ccccc3c3ccc4c(c5ccccc5n4-c4ccc(C(F)(F)F)cc4C(F)(F)F)c32)c(C#N)c1. The Hall–Kier alpha value is -5.74.